The van der Waals surface area contributed by atoms with Crippen LogP contribution in [-0.4, -0.2) is 18.6 Å². The van der Waals surface area contributed by atoms with Crippen molar-refractivity contribution in [3.63, 3.8) is 0 Å². The van der Waals surface area contributed by atoms with E-state index in [9.17, 15) is 35.5 Å². The lowest BCUT2D eigenvalue weighted by Crippen LogP contribution is -2.37. The van der Waals surface area contributed by atoms with E-state index in [4.69, 9.17) is 0 Å². The molecular formula is C11H8F7NO. The van der Waals surface area contributed by atoms with Crippen molar-refractivity contribution in [2.24, 2.45) is 0 Å². The summed E-state index contributed by atoms with van der Waals surface area (Å²) < 4.78 is 85.5. The summed E-state index contributed by atoms with van der Waals surface area (Å²) in [6.45, 7) is -0.541. The molecule has 0 atom stereocenters. The molecule has 1 N–H and O–H groups in total. The maximum absolute atomic E-state index is 13.3. The second kappa shape index (κ2) is 5.68. The standard InChI is InChI=1S/C11H8F7NO/c12-8-5-7(10(13,14)15)2-1-6(8)3-4-19-9(20)11(16,17)18/h1-2,5H,3-4H2,(H,19,20). The Morgan fingerprint density at radius 2 is 1.70 bits per heavy atom. The summed E-state index contributed by atoms with van der Waals surface area (Å²) in [6.07, 6.45) is -10.1. The monoisotopic (exact) mass is 303 g/mol. The molecule has 0 bridgehead atoms. The topological polar surface area (TPSA) is 29.1 Å². The van der Waals surface area contributed by atoms with Gasteiger partial charge in [-0.15, -0.1) is 0 Å². The molecular weight excluding hydrogens is 295 g/mol. The van der Waals surface area contributed by atoms with Crippen LogP contribution in [-0.2, 0) is 17.4 Å². The van der Waals surface area contributed by atoms with Crippen molar-refractivity contribution < 1.29 is 35.5 Å². The summed E-state index contributed by atoms with van der Waals surface area (Å²) in [7, 11) is 0. The minimum atomic E-state index is -5.06. The first-order chi connectivity index (χ1) is 9.01. The van der Waals surface area contributed by atoms with Crippen LogP contribution in [0.4, 0.5) is 30.7 Å². The maximum atomic E-state index is 13.3. The Morgan fingerprint density at radius 3 is 2.15 bits per heavy atom. The highest BCUT2D eigenvalue weighted by Crippen LogP contribution is 2.30. The minimum Gasteiger partial charge on any atom is -0.348 e. The van der Waals surface area contributed by atoms with Crippen LogP contribution < -0.4 is 5.32 Å². The summed E-state index contributed by atoms with van der Waals surface area (Å²) in [4.78, 5) is 10.4. The van der Waals surface area contributed by atoms with E-state index in [2.05, 4.69) is 0 Å². The second-order valence-electron chi connectivity index (χ2n) is 3.81. The van der Waals surface area contributed by atoms with Crippen LogP contribution >= 0.6 is 0 Å². The van der Waals surface area contributed by atoms with Gasteiger partial charge in [0, 0.05) is 6.54 Å². The first-order valence-corrected chi connectivity index (χ1v) is 5.22. The van der Waals surface area contributed by atoms with Gasteiger partial charge in [0.05, 0.1) is 5.56 Å². The normalized spacial score (nSPS) is 12.3. The Kier molecular flexibility index (Phi) is 4.61. The largest absolute Gasteiger partial charge is 0.471 e. The number of carbonyl (C=O) groups is 1. The molecule has 0 spiro atoms. The van der Waals surface area contributed by atoms with Crippen LogP contribution in [0.15, 0.2) is 18.2 Å². The van der Waals surface area contributed by atoms with Gasteiger partial charge in [0.2, 0.25) is 0 Å². The summed E-state index contributed by atoms with van der Waals surface area (Å²) in [5.74, 6) is -3.38. The average molecular weight is 303 g/mol. The number of nitrogens with one attached hydrogen (secondary N) is 1. The van der Waals surface area contributed by atoms with Crippen molar-refractivity contribution in [1.82, 2.24) is 5.32 Å². The Bertz CT molecular complexity index is 493. The van der Waals surface area contributed by atoms with E-state index in [0.29, 0.717) is 6.07 Å². The lowest BCUT2D eigenvalue weighted by atomic mass is 10.1. The maximum Gasteiger partial charge on any atom is 0.471 e. The van der Waals surface area contributed by atoms with Crippen molar-refractivity contribution in [2.75, 3.05) is 6.54 Å². The van der Waals surface area contributed by atoms with Gasteiger partial charge >= 0.3 is 18.3 Å². The Balaban J connectivity index is 2.65. The average Bonchev–Trinajstić information content (AvgIpc) is 2.28. The highest BCUT2D eigenvalue weighted by atomic mass is 19.4. The predicted octanol–water partition coefficient (Wildman–Crippen LogP) is 3.07. The third kappa shape index (κ3) is 4.39. The van der Waals surface area contributed by atoms with Crippen molar-refractivity contribution in [3.8, 4) is 0 Å². The molecule has 112 valence electrons. The molecule has 9 heteroatoms. The minimum absolute atomic E-state index is 0.222. The van der Waals surface area contributed by atoms with E-state index in [0.717, 1.165) is 6.07 Å². The molecule has 0 heterocycles. The van der Waals surface area contributed by atoms with Crippen molar-refractivity contribution in [3.05, 3.63) is 35.1 Å². The quantitative estimate of drug-likeness (QED) is 0.854. The first-order valence-electron chi connectivity index (χ1n) is 5.22. The summed E-state index contributed by atoms with van der Waals surface area (Å²) in [5, 5.41) is 1.49. The zero-order valence-electron chi connectivity index (χ0n) is 9.70. The van der Waals surface area contributed by atoms with Gasteiger partial charge in [-0.3, -0.25) is 4.79 Å². The fraction of sp³-hybridized carbons (Fsp3) is 0.364. The highest BCUT2D eigenvalue weighted by Gasteiger charge is 2.38. The van der Waals surface area contributed by atoms with Gasteiger partial charge in [-0.1, -0.05) is 6.07 Å². The van der Waals surface area contributed by atoms with E-state index in [1.807, 2.05) is 0 Å². The van der Waals surface area contributed by atoms with Gasteiger partial charge in [-0.2, -0.15) is 26.3 Å². The number of alkyl halides is 6. The molecule has 2 nitrogen and oxygen atoms in total. The van der Waals surface area contributed by atoms with Crippen molar-refractivity contribution in [1.29, 1.82) is 0 Å². The third-order valence-corrected chi connectivity index (χ3v) is 2.32. The van der Waals surface area contributed by atoms with Crippen molar-refractivity contribution >= 4 is 5.91 Å². The first kappa shape index (κ1) is 16.3. The van der Waals surface area contributed by atoms with Crippen LogP contribution in [0.5, 0.6) is 0 Å². The molecule has 20 heavy (non-hydrogen) atoms. The van der Waals surface area contributed by atoms with Gasteiger partial charge in [0.25, 0.3) is 0 Å². The molecule has 0 saturated heterocycles. The number of rotatable bonds is 3. The lowest BCUT2D eigenvalue weighted by molar-refractivity contribution is -0.173. The highest BCUT2D eigenvalue weighted by molar-refractivity contribution is 5.81. The Morgan fingerprint density at radius 1 is 1.10 bits per heavy atom. The molecule has 1 aromatic rings. The lowest BCUT2D eigenvalue weighted by Gasteiger charge is -2.10. The molecule has 0 unspecified atom stereocenters. The number of hydrogen-bond acceptors (Lipinski definition) is 1. The fourth-order valence-electron chi connectivity index (χ4n) is 1.34. The van der Waals surface area contributed by atoms with Gasteiger partial charge in [-0.25, -0.2) is 4.39 Å². The number of benzene rings is 1. The molecule has 0 aromatic heterocycles. The third-order valence-electron chi connectivity index (χ3n) is 2.32. The number of carbonyl (C=O) groups excluding carboxylic acids is 1. The number of amides is 1. The second-order valence-corrected chi connectivity index (χ2v) is 3.81. The Labute approximate surface area is 108 Å². The van der Waals surface area contributed by atoms with E-state index in [1.54, 1.807) is 0 Å². The molecule has 0 aliphatic rings. The van der Waals surface area contributed by atoms with E-state index >= 15 is 0 Å². The van der Waals surface area contributed by atoms with E-state index in [-0.39, 0.29) is 18.1 Å². The van der Waals surface area contributed by atoms with Crippen LogP contribution in [0.25, 0.3) is 0 Å². The molecule has 0 fully saturated rings. The van der Waals surface area contributed by atoms with Gasteiger partial charge in [0.15, 0.2) is 0 Å². The van der Waals surface area contributed by atoms with E-state index in [1.165, 1.54) is 5.32 Å². The van der Waals surface area contributed by atoms with Crippen LogP contribution in [0.3, 0.4) is 0 Å². The van der Waals surface area contributed by atoms with Crippen LogP contribution in [0.1, 0.15) is 11.1 Å². The van der Waals surface area contributed by atoms with Gasteiger partial charge in [-0.05, 0) is 24.1 Å². The smallest absolute Gasteiger partial charge is 0.348 e. The zero-order valence-corrected chi connectivity index (χ0v) is 9.70. The number of halogens is 7. The summed E-state index contributed by atoms with van der Waals surface area (Å²) in [6, 6.07) is 1.68. The van der Waals surface area contributed by atoms with Gasteiger partial charge < -0.3 is 5.32 Å². The molecule has 1 aromatic carbocycles. The number of hydrogen-bond donors (Lipinski definition) is 1. The van der Waals surface area contributed by atoms with Crippen molar-refractivity contribution in [2.45, 2.75) is 18.8 Å². The predicted molar refractivity (Wildman–Crippen MR) is 54.2 cm³/mol. The Hall–Kier alpha value is -1.80. The summed E-state index contributed by atoms with van der Waals surface area (Å²) in [5.41, 5.74) is -1.42. The molecule has 1 rings (SSSR count). The molecule has 0 aliphatic carbocycles. The van der Waals surface area contributed by atoms with Gasteiger partial charge in [0.1, 0.15) is 5.82 Å². The van der Waals surface area contributed by atoms with Crippen LogP contribution in [0, 0.1) is 5.82 Å². The molecule has 0 aliphatic heterocycles. The molecule has 1 amide bonds. The van der Waals surface area contributed by atoms with Crippen LogP contribution in [0.2, 0.25) is 0 Å². The summed E-state index contributed by atoms with van der Waals surface area (Å²) >= 11 is 0. The molecule has 0 saturated carbocycles. The SMILES string of the molecule is O=C(NCCc1ccc(C(F)(F)F)cc1F)C(F)(F)F. The molecule has 0 radical (unpaired) electrons. The zero-order chi connectivity index (χ0) is 15.6. The fourth-order valence-corrected chi connectivity index (χ4v) is 1.34. The van der Waals surface area contributed by atoms with E-state index < -0.39 is 36.2 Å².